The summed E-state index contributed by atoms with van der Waals surface area (Å²) in [4.78, 5) is 57.7. The highest BCUT2D eigenvalue weighted by Gasteiger charge is 2.27. The first-order chi connectivity index (χ1) is 61.9. The molecule has 0 aliphatic heterocycles. The summed E-state index contributed by atoms with van der Waals surface area (Å²) in [5, 5.41) is 9.80. The van der Waals surface area contributed by atoms with Crippen LogP contribution in [-0.2, 0) is 0 Å². The standard InChI is InChI=1S/2C56H46N8/c1-31-15-20-48-43(25-31)44-26-32(2)16-21-49(44)63(48)52-24-19-40(30-47(52)56-61-37(7)58-38(8)62-56)39-11-9-12-41(29-39)54-42(55-59-35(5)57-36(6)60-55)13-10-14-53(54)64-50-22-17-33(3)27-45(50)46-28-34(4)18-23-51(46)64;1-31-12-19-50-45(24-31)46-25-32(2)13-20-51(46)63(50)42-17-18-43(55-59-35(5)57-36(6)60-55)44(30-42)41-11-9-10-39(28-41)40-16-23-54(49(29-40)56-61-37(7)58-38(8)62-56)64-52-21-14-33(3)26-47(52)48-27-34(4)15-22-53(48)64/h2*9-30H,1-8H3. The van der Waals surface area contributed by atoms with Crippen LogP contribution in [0.15, 0.2) is 267 Å². The van der Waals surface area contributed by atoms with E-state index in [1.165, 1.54) is 87.6 Å². The van der Waals surface area contributed by atoms with Crippen LogP contribution in [0, 0.1) is 111 Å². The highest BCUT2D eigenvalue weighted by molar-refractivity contribution is 6.14. The van der Waals surface area contributed by atoms with Crippen LogP contribution in [0.1, 0.15) is 91.1 Å². The molecule has 0 aliphatic rings. The maximum absolute atomic E-state index is 4.97. The number of aryl methyl sites for hydroxylation is 16. The smallest absolute Gasteiger partial charge is 0.165 e. The van der Waals surface area contributed by atoms with Gasteiger partial charge in [0.1, 0.15) is 46.6 Å². The topological polar surface area (TPSA) is 174 Å². The number of nitrogens with zero attached hydrogens (tertiary/aromatic N) is 16. The van der Waals surface area contributed by atoms with Crippen molar-refractivity contribution in [3.05, 3.63) is 358 Å². The number of aromatic nitrogens is 16. The van der Waals surface area contributed by atoms with Gasteiger partial charge in [-0.05, 0) is 307 Å². The van der Waals surface area contributed by atoms with Crippen LogP contribution in [0.2, 0.25) is 0 Å². The van der Waals surface area contributed by atoms with Gasteiger partial charge in [0.15, 0.2) is 23.3 Å². The molecule has 0 N–H and O–H groups in total. The van der Waals surface area contributed by atoms with Gasteiger partial charge >= 0.3 is 0 Å². The van der Waals surface area contributed by atoms with Crippen LogP contribution in [0.5, 0.6) is 0 Å². The van der Waals surface area contributed by atoms with Crippen molar-refractivity contribution < 1.29 is 0 Å². The van der Waals surface area contributed by atoms with Crippen molar-refractivity contribution in [2.75, 3.05) is 0 Å². The zero-order chi connectivity index (χ0) is 87.9. The van der Waals surface area contributed by atoms with E-state index in [4.69, 9.17) is 39.9 Å². The Morgan fingerprint density at radius 1 is 0.164 bits per heavy atom. The van der Waals surface area contributed by atoms with Gasteiger partial charge in [-0.15, -0.1) is 0 Å². The van der Waals surface area contributed by atoms with Gasteiger partial charge in [0.2, 0.25) is 0 Å². The molecule has 128 heavy (non-hydrogen) atoms. The molecular weight excluding hydrogens is 1570 g/mol. The average Bonchev–Trinajstić information content (AvgIpc) is 1.58. The molecule has 8 heterocycles. The van der Waals surface area contributed by atoms with E-state index in [0.29, 0.717) is 69.9 Å². The average molecular weight is 1660 g/mol. The van der Waals surface area contributed by atoms with Gasteiger partial charge in [-0.2, -0.15) is 0 Å². The van der Waals surface area contributed by atoms with E-state index in [1.807, 2.05) is 55.4 Å². The number of fused-ring (bicyclic) bond motifs is 12. The van der Waals surface area contributed by atoms with Gasteiger partial charge in [0.05, 0.1) is 61.2 Å². The molecule has 0 unspecified atom stereocenters. The third kappa shape index (κ3) is 14.1. The van der Waals surface area contributed by atoms with Gasteiger partial charge in [-0.1, -0.05) is 154 Å². The van der Waals surface area contributed by atoms with E-state index in [-0.39, 0.29) is 0 Å². The lowest BCUT2D eigenvalue weighted by molar-refractivity contribution is 0.926. The summed E-state index contributed by atoms with van der Waals surface area (Å²) in [6, 6.07) is 97.9. The molecular formula is C112H92N16. The van der Waals surface area contributed by atoms with Crippen LogP contribution in [-0.4, -0.2) is 78.1 Å². The molecule has 8 aromatic heterocycles. The number of hydrogen-bond acceptors (Lipinski definition) is 12. The van der Waals surface area contributed by atoms with Crippen molar-refractivity contribution in [3.63, 3.8) is 0 Å². The summed E-state index contributed by atoms with van der Waals surface area (Å²) < 4.78 is 9.51. The van der Waals surface area contributed by atoms with Crippen molar-refractivity contribution in [1.29, 1.82) is 0 Å². The molecule has 14 aromatic carbocycles. The molecule has 0 radical (unpaired) electrons. The van der Waals surface area contributed by atoms with Crippen LogP contribution < -0.4 is 0 Å². The summed E-state index contributed by atoms with van der Waals surface area (Å²) in [7, 11) is 0. The first-order valence-electron chi connectivity index (χ1n) is 43.6. The fraction of sp³-hybridized carbons (Fsp3) is 0.143. The Hall–Kier alpha value is -15.7. The zero-order valence-corrected chi connectivity index (χ0v) is 74.6. The second-order valence-electron chi connectivity index (χ2n) is 34.6. The van der Waals surface area contributed by atoms with Crippen molar-refractivity contribution in [2.24, 2.45) is 0 Å². The summed E-state index contributed by atoms with van der Waals surface area (Å²) in [5.41, 5.74) is 35.1. The second-order valence-corrected chi connectivity index (χ2v) is 34.6. The molecule has 0 spiro atoms. The minimum Gasteiger partial charge on any atom is -0.309 e. The molecule has 0 saturated heterocycles. The Morgan fingerprint density at radius 3 is 0.766 bits per heavy atom. The van der Waals surface area contributed by atoms with Crippen LogP contribution in [0.3, 0.4) is 0 Å². The van der Waals surface area contributed by atoms with Crippen molar-refractivity contribution in [1.82, 2.24) is 78.1 Å². The minimum atomic E-state index is 0.636. The second kappa shape index (κ2) is 31.2. The van der Waals surface area contributed by atoms with Crippen molar-refractivity contribution in [3.8, 4) is 113 Å². The Morgan fingerprint density at radius 2 is 0.430 bits per heavy atom. The number of hydrogen-bond donors (Lipinski definition) is 0. The first kappa shape index (κ1) is 79.5. The minimum absolute atomic E-state index is 0.636. The third-order valence-electron chi connectivity index (χ3n) is 24.7. The van der Waals surface area contributed by atoms with Gasteiger partial charge < -0.3 is 18.3 Å². The van der Waals surface area contributed by atoms with E-state index in [2.05, 4.69) is 361 Å². The SMILES string of the molecule is Cc1ccc2c(c1)c1cc(C)ccc1n2-c1ccc(-c2cccc(-c3c(-c4nc(C)nc(C)n4)cccc3-n3c4ccc(C)cc4c4cc(C)ccc43)c2)cc1-c1nc(C)nc(C)n1.Cc1ccc2c(c1)c1cc(C)ccc1n2-c1ccc(-c2nc(C)nc(C)n2)c(-c2cccc(-c3ccc(-n4c5ccc(C)cc5c5cc(C)ccc54)c(-c4nc(C)nc(C)n4)c3)c2)c1. The Kier molecular flexibility index (Phi) is 19.4. The summed E-state index contributed by atoms with van der Waals surface area (Å²) in [6.07, 6.45) is 0. The zero-order valence-electron chi connectivity index (χ0n) is 74.6. The molecule has 0 fully saturated rings. The highest BCUT2D eigenvalue weighted by atomic mass is 15.1. The molecule has 0 bridgehead atoms. The molecule has 0 amide bonds. The predicted molar refractivity (Wildman–Crippen MR) is 523 cm³/mol. The first-order valence-corrected chi connectivity index (χ1v) is 43.6. The lowest BCUT2D eigenvalue weighted by Gasteiger charge is -2.19. The van der Waals surface area contributed by atoms with E-state index in [1.54, 1.807) is 0 Å². The van der Waals surface area contributed by atoms with E-state index in [9.17, 15) is 0 Å². The van der Waals surface area contributed by atoms with Crippen LogP contribution >= 0.6 is 0 Å². The lowest BCUT2D eigenvalue weighted by atomic mass is 9.93. The molecule has 0 saturated carbocycles. The normalized spacial score (nSPS) is 11.8. The largest absolute Gasteiger partial charge is 0.309 e. The maximum Gasteiger partial charge on any atom is 0.165 e. The summed E-state index contributed by atoms with van der Waals surface area (Å²) >= 11 is 0. The Balaban J connectivity index is 0.000000156. The molecule has 620 valence electrons. The molecule has 16 nitrogen and oxygen atoms in total. The lowest BCUT2D eigenvalue weighted by Crippen LogP contribution is -2.04. The van der Waals surface area contributed by atoms with E-state index in [0.717, 1.165) is 134 Å². The fourth-order valence-corrected chi connectivity index (χ4v) is 19.2. The molecule has 0 aliphatic carbocycles. The van der Waals surface area contributed by atoms with Crippen molar-refractivity contribution in [2.45, 2.75) is 111 Å². The van der Waals surface area contributed by atoms with Gasteiger partial charge in [-0.3, -0.25) is 0 Å². The number of rotatable bonds is 12. The summed E-state index contributed by atoms with van der Waals surface area (Å²) in [6.45, 7) is 32.7. The number of benzene rings is 14. The third-order valence-corrected chi connectivity index (χ3v) is 24.7. The van der Waals surface area contributed by atoms with Gasteiger partial charge in [-0.25, -0.2) is 59.8 Å². The Bertz CT molecular complexity index is 8100. The van der Waals surface area contributed by atoms with E-state index >= 15 is 0 Å². The molecule has 16 heteroatoms. The van der Waals surface area contributed by atoms with E-state index < -0.39 is 0 Å². The summed E-state index contributed by atoms with van der Waals surface area (Å²) in [5.74, 6) is 8.01. The molecule has 22 aromatic rings. The predicted octanol–water partition coefficient (Wildman–Crippen LogP) is 26.8. The van der Waals surface area contributed by atoms with Crippen LogP contribution in [0.4, 0.5) is 0 Å². The highest BCUT2D eigenvalue weighted by Crippen LogP contribution is 2.47. The quantitative estimate of drug-likeness (QED) is 0.113. The molecule has 0 atom stereocenters. The maximum atomic E-state index is 4.97. The fourth-order valence-electron chi connectivity index (χ4n) is 19.2. The van der Waals surface area contributed by atoms with Crippen LogP contribution in [0.25, 0.3) is 200 Å². The van der Waals surface area contributed by atoms with Gasteiger partial charge in [0.25, 0.3) is 0 Å². The monoisotopic (exact) mass is 1660 g/mol. The van der Waals surface area contributed by atoms with Crippen molar-refractivity contribution >= 4 is 87.2 Å². The Labute approximate surface area is 742 Å². The molecule has 22 rings (SSSR count). The van der Waals surface area contributed by atoms with Gasteiger partial charge in [0, 0.05) is 76.6 Å².